The van der Waals surface area contributed by atoms with Crippen LogP contribution in [0.25, 0.3) is 22.0 Å². The van der Waals surface area contributed by atoms with Crippen molar-refractivity contribution in [3.63, 3.8) is 0 Å². The molecule has 132 valence electrons. The molecule has 3 aromatic rings. The van der Waals surface area contributed by atoms with Gasteiger partial charge in [0.15, 0.2) is 6.54 Å². The van der Waals surface area contributed by atoms with Crippen LogP contribution < -0.4 is 5.32 Å². The Kier molecular flexibility index (Phi) is 4.11. The van der Waals surface area contributed by atoms with Gasteiger partial charge in [-0.3, -0.25) is 15.1 Å². The number of nitrogens with one attached hydrogen (secondary N) is 1. The summed E-state index contributed by atoms with van der Waals surface area (Å²) < 4.78 is 41.2. The van der Waals surface area contributed by atoms with Crippen LogP contribution in [0.15, 0.2) is 18.3 Å². The number of halogens is 3. The van der Waals surface area contributed by atoms with E-state index in [0.717, 1.165) is 12.1 Å². The van der Waals surface area contributed by atoms with E-state index in [9.17, 15) is 18.0 Å². The Morgan fingerprint density at radius 3 is 2.68 bits per heavy atom. The fourth-order valence-electron chi connectivity index (χ4n) is 2.90. The molecular formula is C16H17F3N5O+. The molecule has 1 aromatic carbocycles. The van der Waals surface area contributed by atoms with Crippen LogP contribution in [-0.2, 0) is 17.5 Å². The fourth-order valence-corrected chi connectivity index (χ4v) is 2.90. The van der Waals surface area contributed by atoms with Crippen molar-refractivity contribution in [2.45, 2.75) is 26.6 Å². The summed E-state index contributed by atoms with van der Waals surface area (Å²) in [5.74, 6) is -0.116. The van der Waals surface area contributed by atoms with Crippen LogP contribution >= 0.6 is 0 Å². The van der Waals surface area contributed by atoms with E-state index in [1.807, 2.05) is 0 Å². The molecule has 9 heteroatoms. The number of amides is 1. The number of hydrogen-bond acceptors (Lipinski definition) is 3. The lowest BCUT2D eigenvalue weighted by atomic mass is 9.97. The summed E-state index contributed by atoms with van der Waals surface area (Å²) in [4.78, 5) is 11.7. The zero-order chi connectivity index (χ0) is 18.4. The topological polar surface area (TPSA) is 80.2 Å². The summed E-state index contributed by atoms with van der Waals surface area (Å²) in [5.41, 5.74) is 1.71. The van der Waals surface area contributed by atoms with Gasteiger partial charge in [-0.2, -0.15) is 23.4 Å². The van der Waals surface area contributed by atoms with Gasteiger partial charge in [0.2, 0.25) is 0 Å². The summed E-state index contributed by atoms with van der Waals surface area (Å²) >= 11 is 0. The van der Waals surface area contributed by atoms with Crippen LogP contribution in [0.4, 0.5) is 13.2 Å². The molecule has 6 nitrogen and oxygen atoms in total. The number of nitrogens with two attached hydrogens (primary N) is 1. The lowest BCUT2D eigenvalue weighted by molar-refractivity contribution is -0.539. The minimum absolute atomic E-state index is 0.0522. The van der Waals surface area contributed by atoms with E-state index in [0.29, 0.717) is 33.4 Å². The summed E-state index contributed by atoms with van der Waals surface area (Å²) in [7, 11) is 1.64. The van der Waals surface area contributed by atoms with Crippen LogP contribution in [0.3, 0.4) is 0 Å². The number of rotatable bonds is 3. The molecule has 0 fully saturated rings. The minimum Gasteiger partial charge on any atom is -0.284 e. The van der Waals surface area contributed by atoms with Crippen molar-refractivity contribution in [3.05, 3.63) is 35.3 Å². The molecule has 0 aliphatic rings. The van der Waals surface area contributed by atoms with E-state index in [1.54, 1.807) is 20.9 Å². The Morgan fingerprint density at radius 2 is 2.04 bits per heavy atom. The van der Waals surface area contributed by atoms with Gasteiger partial charge in [0, 0.05) is 16.6 Å². The average Bonchev–Trinajstić information content (AvgIpc) is 3.11. The van der Waals surface area contributed by atoms with E-state index in [2.05, 4.69) is 15.3 Å². The molecule has 0 spiro atoms. The molecule has 0 saturated heterocycles. The maximum absolute atomic E-state index is 13.2. The van der Waals surface area contributed by atoms with Crippen molar-refractivity contribution in [3.8, 4) is 11.1 Å². The second-order valence-corrected chi connectivity index (χ2v) is 5.81. The molecule has 3 rings (SSSR count). The van der Waals surface area contributed by atoms with E-state index < -0.39 is 11.7 Å². The Balaban J connectivity index is 2.23. The second-order valence-electron chi connectivity index (χ2n) is 5.81. The van der Waals surface area contributed by atoms with E-state index in [1.165, 1.54) is 16.2 Å². The molecule has 1 amide bonds. The average molecular weight is 352 g/mol. The number of aromatic nitrogens is 4. The number of nitrogens with zero attached hydrogens (tertiary/aromatic N) is 3. The SMILES string of the molecule is C[NH2+]C(=O)Cn1nc(C)c(-c2cc(C(F)(F)F)cc3[nH]ncc23)c1C. The van der Waals surface area contributed by atoms with E-state index in [4.69, 9.17) is 0 Å². The highest BCUT2D eigenvalue weighted by Gasteiger charge is 2.32. The zero-order valence-electron chi connectivity index (χ0n) is 13.9. The quantitative estimate of drug-likeness (QED) is 0.754. The second kappa shape index (κ2) is 5.99. The summed E-state index contributed by atoms with van der Waals surface area (Å²) in [5, 5.41) is 12.8. The monoisotopic (exact) mass is 352 g/mol. The lowest BCUT2D eigenvalue weighted by Crippen LogP contribution is -2.84. The van der Waals surface area contributed by atoms with Crippen molar-refractivity contribution in [1.82, 2.24) is 20.0 Å². The molecule has 25 heavy (non-hydrogen) atoms. The first kappa shape index (κ1) is 17.2. The molecule has 0 bridgehead atoms. The first-order chi connectivity index (χ1) is 11.7. The summed E-state index contributed by atoms with van der Waals surface area (Å²) in [6, 6.07) is 2.14. The number of alkyl halides is 3. The normalized spacial score (nSPS) is 12.1. The number of H-pyrrole nitrogens is 1. The van der Waals surface area contributed by atoms with Gasteiger partial charge in [-0.15, -0.1) is 0 Å². The first-order valence-corrected chi connectivity index (χ1v) is 7.63. The maximum atomic E-state index is 13.2. The first-order valence-electron chi connectivity index (χ1n) is 7.63. The number of hydrogen-bond donors (Lipinski definition) is 2. The number of likely N-dealkylation sites (N-methyl/N-ethyl adjacent to an activating group) is 1. The zero-order valence-corrected chi connectivity index (χ0v) is 13.9. The number of quaternary nitrogens is 1. The molecule has 0 radical (unpaired) electrons. The number of carbonyl (C=O) groups is 1. The molecular weight excluding hydrogens is 335 g/mol. The predicted octanol–water partition coefficient (Wildman–Crippen LogP) is 1.78. The van der Waals surface area contributed by atoms with Crippen LogP contribution in [0.2, 0.25) is 0 Å². The van der Waals surface area contributed by atoms with Crippen LogP contribution in [0.5, 0.6) is 0 Å². The van der Waals surface area contributed by atoms with Gasteiger partial charge in [0.1, 0.15) is 0 Å². The van der Waals surface area contributed by atoms with Crippen molar-refractivity contribution in [2.24, 2.45) is 0 Å². The third-order valence-corrected chi connectivity index (χ3v) is 4.16. The standard InChI is InChI=1S/C16H16F3N5O/c1-8-15(9(2)24(23-8)7-14(25)20-3)11-4-10(16(17,18)19)5-13-12(11)6-21-22-13/h4-6H,7H2,1-3H3,(H,20,25)(H,21,22)/p+1. The molecule has 0 aliphatic carbocycles. The molecule has 3 N–H and O–H groups in total. The number of primary amides is 1. The van der Waals surface area contributed by atoms with Gasteiger partial charge in [-0.05, 0) is 31.5 Å². The maximum Gasteiger partial charge on any atom is 0.416 e. The smallest absolute Gasteiger partial charge is 0.284 e. The van der Waals surface area contributed by atoms with Gasteiger partial charge in [-0.25, -0.2) is 4.79 Å². The molecule has 2 heterocycles. The van der Waals surface area contributed by atoms with E-state index >= 15 is 0 Å². The molecule has 0 atom stereocenters. The van der Waals surface area contributed by atoms with Crippen molar-refractivity contribution >= 4 is 16.8 Å². The van der Waals surface area contributed by atoms with E-state index in [-0.39, 0.29) is 12.5 Å². The van der Waals surface area contributed by atoms with Gasteiger partial charge < -0.3 is 0 Å². The highest BCUT2D eigenvalue weighted by Crippen LogP contribution is 2.38. The van der Waals surface area contributed by atoms with Crippen LogP contribution in [-0.4, -0.2) is 32.9 Å². The van der Waals surface area contributed by atoms with Gasteiger partial charge in [0.05, 0.1) is 30.0 Å². The molecule has 0 unspecified atom stereocenters. The van der Waals surface area contributed by atoms with Crippen molar-refractivity contribution in [1.29, 1.82) is 0 Å². The largest absolute Gasteiger partial charge is 0.416 e. The third kappa shape index (κ3) is 3.02. The molecule has 2 aromatic heterocycles. The van der Waals surface area contributed by atoms with Crippen LogP contribution in [0, 0.1) is 13.8 Å². The Hall–Kier alpha value is -2.68. The van der Waals surface area contributed by atoms with Gasteiger partial charge in [0.25, 0.3) is 0 Å². The third-order valence-electron chi connectivity index (χ3n) is 4.16. The highest BCUT2D eigenvalue weighted by atomic mass is 19.4. The number of carbonyl (C=O) groups excluding carboxylic acids is 1. The summed E-state index contributed by atoms with van der Waals surface area (Å²) in [6.07, 6.45) is -2.98. The lowest BCUT2D eigenvalue weighted by Gasteiger charge is -2.11. The number of fused-ring (bicyclic) bond motifs is 1. The number of benzene rings is 1. The van der Waals surface area contributed by atoms with Crippen molar-refractivity contribution in [2.75, 3.05) is 7.05 Å². The predicted molar refractivity (Wildman–Crippen MR) is 84.6 cm³/mol. The fraction of sp³-hybridized carbons (Fsp3) is 0.312. The van der Waals surface area contributed by atoms with Gasteiger partial charge >= 0.3 is 12.1 Å². The Bertz CT molecular complexity index is 955. The number of aryl methyl sites for hydroxylation is 1. The molecule has 0 aliphatic heterocycles. The van der Waals surface area contributed by atoms with Crippen LogP contribution in [0.1, 0.15) is 17.0 Å². The van der Waals surface area contributed by atoms with Crippen molar-refractivity contribution < 1.29 is 23.3 Å². The Labute approximate surface area is 141 Å². The van der Waals surface area contributed by atoms with Gasteiger partial charge in [-0.1, -0.05) is 0 Å². The number of aromatic amines is 1. The Morgan fingerprint density at radius 1 is 1.32 bits per heavy atom. The highest BCUT2D eigenvalue weighted by molar-refractivity contribution is 5.96. The summed E-state index contributed by atoms with van der Waals surface area (Å²) in [6.45, 7) is 3.51. The molecule has 0 saturated carbocycles. The minimum atomic E-state index is -4.47.